The lowest BCUT2D eigenvalue weighted by molar-refractivity contribution is 0.141. The van der Waals surface area contributed by atoms with E-state index in [9.17, 15) is 9.13 Å². The van der Waals surface area contributed by atoms with Crippen molar-refractivity contribution in [2.75, 3.05) is 26.4 Å². The Hall–Kier alpha value is -0.160. The molecule has 7 nitrogen and oxygen atoms in total. The van der Waals surface area contributed by atoms with Gasteiger partial charge in [0.25, 0.3) is 0 Å². The van der Waals surface area contributed by atoms with Gasteiger partial charge in [-0.3, -0.25) is 13.6 Å². The molecule has 0 saturated carbocycles. The molecule has 0 amide bonds. The van der Waals surface area contributed by atoms with Gasteiger partial charge in [-0.2, -0.15) is 0 Å². The Bertz CT molecular complexity index is 374. The van der Waals surface area contributed by atoms with Crippen LogP contribution in [0.2, 0.25) is 0 Å². The highest BCUT2D eigenvalue weighted by molar-refractivity contribution is 7.59. The molecule has 0 heterocycles. The first-order valence-electron chi connectivity index (χ1n) is 6.55. The molecular formula is C11H24O7P2. The first-order valence-corrected chi connectivity index (χ1v) is 9.56. The average Bonchev–Trinajstić information content (AvgIpc) is 2.37. The van der Waals surface area contributed by atoms with Crippen molar-refractivity contribution in [1.29, 1.82) is 0 Å². The van der Waals surface area contributed by atoms with Crippen molar-refractivity contribution in [3.05, 3.63) is 11.6 Å². The molecule has 0 unspecified atom stereocenters. The minimum absolute atomic E-state index is 0.127. The third kappa shape index (κ3) is 6.08. The third-order valence-corrected chi connectivity index (χ3v) is 5.69. The van der Waals surface area contributed by atoms with Crippen molar-refractivity contribution in [1.82, 2.24) is 0 Å². The zero-order chi connectivity index (χ0) is 15.6. The van der Waals surface area contributed by atoms with E-state index >= 15 is 0 Å². The molecule has 0 rings (SSSR count). The Kier molecular flexibility index (Phi) is 9.64. The number of hydrogen-bond acceptors (Lipinski definition) is 7. The predicted molar refractivity (Wildman–Crippen MR) is 76.6 cm³/mol. The van der Waals surface area contributed by atoms with Gasteiger partial charge in [0.1, 0.15) is 0 Å². The van der Waals surface area contributed by atoms with Crippen molar-refractivity contribution in [2.45, 2.75) is 34.6 Å². The van der Waals surface area contributed by atoms with E-state index < -0.39 is 15.4 Å². The Morgan fingerprint density at radius 3 is 1.55 bits per heavy atom. The Balaban J connectivity index is 5.25. The van der Waals surface area contributed by atoms with Crippen LogP contribution in [-0.4, -0.2) is 26.4 Å². The molecule has 0 spiro atoms. The molecule has 0 N–H and O–H groups in total. The zero-order valence-corrected chi connectivity index (χ0v) is 14.4. The summed E-state index contributed by atoms with van der Waals surface area (Å²) in [6.45, 7) is 8.78. The molecule has 0 aromatic carbocycles. The van der Waals surface area contributed by atoms with Gasteiger partial charge in [0.15, 0.2) is 0 Å². The predicted octanol–water partition coefficient (Wildman–Crippen LogP) is 4.31. The topological polar surface area (TPSA) is 80.3 Å². The fourth-order valence-corrected chi connectivity index (χ4v) is 4.46. The number of phosphoric acid groups is 1. The summed E-state index contributed by atoms with van der Waals surface area (Å²) < 4.78 is 50.3. The van der Waals surface area contributed by atoms with Gasteiger partial charge in [-0.15, -0.1) is 0 Å². The third-order valence-electron chi connectivity index (χ3n) is 1.89. The molecule has 0 aromatic heterocycles. The van der Waals surface area contributed by atoms with Gasteiger partial charge in [-0.1, -0.05) is 0 Å². The van der Waals surface area contributed by atoms with E-state index in [0.717, 1.165) is 0 Å². The van der Waals surface area contributed by atoms with Gasteiger partial charge in [-0.05, 0) is 40.7 Å². The summed E-state index contributed by atoms with van der Waals surface area (Å²) in [5, 5.41) is 0. The summed E-state index contributed by atoms with van der Waals surface area (Å²) >= 11 is 0. The van der Waals surface area contributed by atoms with Crippen molar-refractivity contribution >= 4 is 15.4 Å². The maximum atomic E-state index is 12.6. The molecule has 0 radical (unpaired) electrons. The van der Waals surface area contributed by atoms with Gasteiger partial charge in [-0.25, -0.2) is 4.57 Å². The van der Waals surface area contributed by atoms with Crippen molar-refractivity contribution in [3.8, 4) is 0 Å². The lowest BCUT2D eigenvalue weighted by atomic mass is 10.7. The van der Waals surface area contributed by atoms with Crippen LogP contribution >= 0.6 is 15.4 Å². The van der Waals surface area contributed by atoms with Gasteiger partial charge < -0.3 is 13.6 Å². The molecule has 9 heteroatoms. The largest absolute Gasteiger partial charge is 0.530 e. The number of hydrogen-bond donors (Lipinski definition) is 0. The van der Waals surface area contributed by atoms with E-state index in [1.54, 1.807) is 34.6 Å². The van der Waals surface area contributed by atoms with Crippen LogP contribution in [0, 0.1) is 0 Å². The van der Waals surface area contributed by atoms with Crippen LogP contribution in [0.5, 0.6) is 0 Å². The molecule has 0 fully saturated rings. The first kappa shape index (κ1) is 19.8. The van der Waals surface area contributed by atoms with E-state index in [-0.39, 0.29) is 31.9 Å². The van der Waals surface area contributed by atoms with E-state index in [4.69, 9.17) is 22.6 Å². The Morgan fingerprint density at radius 1 is 0.850 bits per heavy atom. The minimum Gasteiger partial charge on any atom is -0.396 e. The maximum Gasteiger partial charge on any atom is 0.530 e. The second-order valence-corrected chi connectivity index (χ2v) is 6.88. The van der Waals surface area contributed by atoms with E-state index in [1.165, 1.54) is 6.08 Å². The summed E-state index contributed by atoms with van der Waals surface area (Å²) in [7, 11) is -7.50. The van der Waals surface area contributed by atoms with E-state index in [1.807, 2.05) is 0 Å². The highest BCUT2D eigenvalue weighted by atomic mass is 31.2. The molecule has 0 aliphatic heterocycles. The standard InChI is InChI=1S/C11H24O7P2/c1-6-11(19(12,14-7-2)15-8-3)18-20(13,16-9-4)17-10-5/h6H,7-10H2,1-5H3/b11-6+. The minimum atomic E-state index is -3.84. The first-order chi connectivity index (χ1) is 9.41. The van der Waals surface area contributed by atoms with Crippen molar-refractivity contribution < 1.29 is 31.7 Å². The molecule has 0 bridgehead atoms. The molecule has 0 atom stereocenters. The van der Waals surface area contributed by atoms with Gasteiger partial charge >= 0.3 is 15.4 Å². The van der Waals surface area contributed by atoms with Crippen LogP contribution in [0.1, 0.15) is 34.6 Å². The van der Waals surface area contributed by atoms with Crippen LogP contribution < -0.4 is 0 Å². The average molecular weight is 330 g/mol. The maximum absolute atomic E-state index is 12.6. The Morgan fingerprint density at radius 2 is 1.25 bits per heavy atom. The molecular weight excluding hydrogens is 306 g/mol. The molecule has 0 saturated heterocycles. The number of rotatable bonds is 11. The lowest BCUT2D eigenvalue weighted by Crippen LogP contribution is -2.05. The fourth-order valence-electron chi connectivity index (χ4n) is 1.29. The molecule has 120 valence electrons. The van der Waals surface area contributed by atoms with Gasteiger partial charge in [0.05, 0.1) is 26.4 Å². The van der Waals surface area contributed by atoms with E-state index in [0.29, 0.717) is 0 Å². The van der Waals surface area contributed by atoms with Crippen LogP contribution in [0.15, 0.2) is 11.6 Å². The van der Waals surface area contributed by atoms with Crippen LogP contribution in [0.3, 0.4) is 0 Å². The Labute approximate surface area is 120 Å². The summed E-state index contributed by atoms with van der Waals surface area (Å²) in [5.41, 5.74) is -0.175. The van der Waals surface area contributed by atoms with E-state index in [2.05, 4.69) is 0 Å². The second kappa shape index (κ2) is 9.72. The second-order valence-electron chi connectivity index (χ2n) is 3.33. The quantitative estimate of drug-likeness (QED) is 0.412. The SMILES string of the molecule is C/C=C(\OP(=O)(OCC)OCC)P(=O)(OCC)OCC. The summed E-state index contributed by atoms with van der Waals surface area (Å²) in [4.78, 5) is 0. The molecule has 0 aliphatic rings. The normalized spacial score (nSPS) is 13.6. The molecule has 20 heavy (non-hydrogen) atoms. The highest BCUT2D eigenvalue weighted by Gasteiger charge is 2.38. The smallest absolute Gasteiger partial charge is 0.396 e. The van der Waals surface area contributed by atoms with Crippen molar-refractivity contribution in [2.24, 2.45) is 0 Å². The molecule has 0 aliphatic carbocycles. The summed E-state index contributed by atoms with van der Waals surface area (Å²) in [6, 6.07) is 0. The monoisotopic (exact) mass is 330 g/mol. The number of phosphoric ester groups is 1. The van der Waals surface area contributed by atoms with Gasteiger partial charge in [0, 0.05) is 0 Å². The van der Waals surface area contributed by atoms with Gasteiger partial charge in [0.2, 0.25) is 5.50 Å². The van der Waals surface area contributed by atoms with Crippen LogP contribution in [0.4, 0.5) is 0 Å². The van der Waals surface area contributed by atoms with Crippen molar-refractivity contribution in [3.63, 3.8) is 0 Å². The number of allylic oxidation sites excluding steroid dienone is 1. The zero-order valence-electron chi connectivity index (χ0n) is 12.7. The molecule has 0 aromatic rings. The highest BCUT2D eigenvalue weighted by Crippen LogP contribution is 2.63. The fraction of sp³-hybridized carbons (Fsp3) is 0.818. The summed E-state index contributed by atoms with van der Waals surface area (Å²) in [5.74, 6) is 0. The summed E-state index contributed by atoms with van der Waals surface area (Å²) in [6.07, 6.45) is 1.37. The van der Waals surface area contributed by atoms with Crippen LogP contribution in [0.25, 0.3) is 0 Å². The van der Waals surface area contributed by atoms with Crippen LogP contribution in [-0.2, 0) is 31.7 Å². The lowest BCUT2D eigenvalue weighted by Gasteiger charge is -2.23.